The number of rotatable bonds is 5. The molecular weight excluding hydrogens is 338 g/mol. The highest BCUT2D eigenvalue weighted by molar-refractivity contribution is 6.30. The van der Waals surface area contributed by atoms with Crippen molar-refractivity contribution in [1.82, 2.24) is 14.8 Å². The van der Waals surface area contributed by atoms with Gasteiger partial charge in [0.15, 0.2) is 0 Å². The molecule has 1 fully saturated rings. The van der Waals surface area contributed by atoms with Crippen LogP contribution in [0.25, 0.3) is 11.1 Å². The van der Waals surface area contributed by atoms with Crippen LogP contribution >= 0.6 is 11.6 Å². The van der Waals surface area contributed by atoms with E-state index in [2.05, 4.69) is 10.2 Å². The molecule has 1 amide bonds. The molecule has 1 saturated heterocycles. The Balaban J connectivity index is 1.72. The van der Waals surface area contributed by atoms with Gasteiger partial charge in [-0.25, -0.2) is 0 Å². The minimum Gasteiger partial charge on any atom is -0.379 e. The average molecular weight is 362 g/mol. The van der Waals surface area contributed by atoms with E-state index < -0.39 is 0 Å². The van der Waals surface area contributed by atoms with Crippen LogP contribution in [-0.4, -0.2) is 54.8 Å². The Labute approximate surface area is 153 Å². The van der Waals surface area contributed by atoms with Crippen LogP contribution in [0.1, 0.15) is 16.1 Å². The van der Waals surface area contributed by atoms with E-state index in [9.17, 15) is 4.79 Å². The zero-order valence-corrected chi connectivity index (χ0v) is 15.5. The number of nitrogens with one attached hydrogen (secondary N) is 1. The van der Waals surface area contributed by atoms with Crippen LogP contribution in [0.4, 0.5) is 0 Å². The Bertz CT molecular complexity index is 734. The van der Waals surface area contributed by atoms with Crippen molar-refractivity contribution in [1.29, 1.82) is 0 Å². The van der Waals surface area contributed by atoms with Crippen molar-refractivity contribution < 1.29 is 9.53 Å². The molecular formula is C19H24ClN3O2. The normalized spacial score (nSPS) is 15.3. The highest BCUT2D eigenvalue weighted by Gasteiger charge is 2.20. The van der Waals surface area contributed by atoms with Crippen molar-refractivity contribution in [2.45, 2.75) is 6.92 Å². The smallest absolute Gasteiger partial charge is 0.268 e. The van der Waals surface area contributed by atoms with Crippen molar-refractivity contribution in [3.05, 3.63) is 46.7 Å². The van der Waals surface area contributed by atoms with Gasteiger partial charge in [-0.05, 0) is 30.2 Å². The number of amides is 1. The molecule has 1 aromatic carbocycles. The second-order valence-corrected chi connectivity index (χ2v) is 6.80. The quantitative estimate of drug-likeness (QED) is 0.890. The Hall–Kier alpha value is -1.82. The van der Waals surface area contributed by atoms with Gasteiger partial charge in [0.1, 0.15) is 5.69 Å². The second-order valence-electron chi connectivity index (χ2n) is 6.36. The first-order valence-electron chi connectivity index (χ1n) is 8.56. The van der Waals surface area contributed by atoms with E-state index in [0.717, 1.165) is 49.5 Å². The Morgan fingerprint density at radius 3 is 2.60 bits per heavy atom. The third-order valence-corrected chi connectivity index (χ3v) is 4.79. The first-order chi connectivity index (χ1) is 12.1. The van der Waals surface area contributed by atoms with Crippen LogP contribution in [-0.2, 0) is 11.8 Å². The summed E-state index contributed by atoms with van der Waals surface area (Å²) >= 11 is 5.99. The van der Waals surface area contributed by atoms with Gasteiger partial charge in [-0.2, -0.15) is 0 Å². The largest absolute Gasteiger partial charge is 0.379 e. The first kappa shape index (κ1) is 18.0. The van der Waals surface area contributed by atoms with E-state index in [4.69, 9.17) is 16.3 Å². The second kappa shape index (κ2) is 8.04. The topological polar surface area (TPSA) is 46.5 Å². The molecule has 0 atom stereocenters. The van der Waals surface area contributed by atoms with Crippen LogP contribution in [0, 0.1) is 6.92 Å². The van der Waals surface area contributed by atoms with Crippen molar-refractivity contribution in [2.24, 2.45) is 7.05 Å². The maximum Gasteiger partial charge on any atom is 0.268 e. The number of aromatic nitrogens is 1. The number of carbonyl (C=O) groups excluding carboxylic acids is 1. The fraction of sp³-hybridized carbons (Fsp3) is 0.421. The molecule has 1 aliphatic rings. The van der Waals surface area contributed by atoms with Crippen LogP contribution in [0.15, 0.2) is 30.5 Å². The minimum atomic E-state index is -0.0474. The Morgan fingerprint density at radius 2 is 1.92 bits per heavy atom. The van der Waals surface area contributed by atoms with Crippen LogP contribution in [0.2, 0.25) is 5.02 Å². The summed E-state index contributed by atoms with van der Waals surface area (Å²) in [6, 6.07) is 7.61. The molecule has 134 valence electrons. The van der Waals surface area contributed by atoms with Gasteiger partial charge in [0.05, 0.1) is 13.2 Å². The van der Waals surface area contributed by atoms with Crippen LogP contribution < -0.4 is 5.32 Å². The van der Waals surface area contributed by atoms with E-state index >= 15 is 0 Å². The number of benzene rings is 1. The molecule has 1 N–H and O–H groups in total. The molecule has 5 nitrogen and oxygen atoms in total. The zero-order chi connectivity index (χ0) is 17.8. The number of morpholine rings is 1. The molecule has 0 spiro atoms. The number of hydrogen-bond acceptors (Lipinski definition) is 3. The zero-order valence-electron chi connectivity index (χ0n) is 14.7. The van der Waals surface area contributed by atoms with Gasteiger partial charge in [0, 0.05) is 50.0 Å². The predicted molar refractivity (Wildman–Crippen MR) is 100 cm³/mol. The van der Waals surface area contributed by atoms with E-state index in [1.54, 1.807) is 0 Å². The van der Waals surface area contributed by atoms with Gasteiger partial charge >= 0.3 is 0 Å². The van der Waals surface area contributed by atoms with Gasteiger partial charge in [-0.3, -0.25) is 9.69 Å². The maximum atomic E-state index is 12.8. The molecule has 6 heteroatoms. The number of carbonyl (C=O) groups is 1. The number of aryl methyl sites for hydroxylation is 2. The molecule has 0 radical (unpaired) electrons. The molecule has 0 aliphatic carbocycles. The van der Waals surface area contributed by atoms with Crippen molar-refractivity contribution >= 4 is 17.5 Å². The van der Waals surface area contributed by atoms with Gasteiger partial charge in [0.25, 0.3) is 5.91 Å². The lowest BCUT2D eigenvalue weighted by atomic mass is 10.0. The molecule has 0 saturated carbocycles. The Kier molecular flexibility index (Phi) is 5.78. The van der Waals surface area contributed by atoms with E-state index in [-0.39, 0.29) is 5.91 Å². The molecule has 0 unspecified atom stereocenters. The van der Waals surface area contributed by atoms with Gasteiger partial charge in [0.2, 0.25) is 0 Å². The SMILES string of the molecule is Cc1cn(C)c(C(=O)NCCN2CCOCC2)c1-c1ccc(Cl)cc1. The van der Waals surface area contributed by atoms with Crippen molar-refractivity contribution in [3.8, 4) is 11.1 Å². The third kappa shape index (κ3) is 4.24. The monoisotopic (exact) mass is 361 g/mol. The lowest BCUT2D eigenvalue weighted by Gasteiger charge is -2.26. The highest BCUT2D eigenvalue weighted by Crippen LogP contribution is 2.29. The number of nitrogens with zero attached hydrogens (tertiary/aromatic N) is 2. The van der Waals surface area contributed by atoms with Crippen LogP contribution in [0.3, 0.4) is 0 Å². The van der Waals surface area contributed by atoms with Gasteiger partial charge < -0.3 is 14.6 Å². The van der Waals surface area contributed by atoms with Crippen molar-refractivity contribution in [3.63, 3.8) is 0 Å². The van der Waals surface area contributed by atoms with Crippen molar-refractivity contribution in [2.75, 3.05) is 39.4 Å². The lowest BCUT2D eigenvalue weighted by molar-refractivity contribution is 0.0383. The molecule has 3 rings (SSSR count). The van der Waals surface area contributed by atoms with E-state index in [1.165, 1.54) is 0 Å². The molecule has 0 bridgehead atoms. The minimum absolute atomic E-state index is 0.0474. The summed E-state index contributed by atoms with van der Waals surface area (Å²) in [4.78, 5) is 15.1. The number of ether oxygens (including phenoxy) is 1. The van der Waals surface area contributed by atoms with Crippen LogP contribution in [0.5, 0.6) is 0 Å². The summed E-state index contributed by atoms with van der Waals surface area (Å²) in [5.74, 6) is -0.0474. The summed E-state index contributed by atoms with van der Waals surface area (Å²) < 4.78 is 7.24. The number of hydrogen-bond donors (Lipinski definition) is 1. The summed E-state index contributed by atoms with van der Waals surface area (Å²) in [5, 5.41) is 3.74. The maximum absolute atomic E-state index is 12.8. The predicted octanol–water partition coefficient (Wildman–Crippen LogP) is 2.72. The lowest BCUT2D eigenvalue weighted by Crippen LogP contribution is -2.41. The fourth-order valence-corrected chi connectivity index (χ4v) is 3.40. The van der Waals surface area contributed by atoms with Gasteiger partial charge in [-0.15, -0.1) is 0 Å². The molecule has 1 aromatic heterocycles. The first-order valence-corrected chi connectivity index (χ1v) is 8.94. The summed E-state index contributed by atoms with van der Waals surface area (Å²) in [7, 11) is 1.91. The molecule has 1 aliphatic heterocycles. The molecule has 2 heterocycles. The van der Waals surface area contributed by atoms with E-state index in [1.807, 2.05) is 49.0 Å². The molecule has 25 heavy (non-hydrogen) atoms. The fourth-order valence-electron chi connectivity index (χ4n) is 3.27. The average Bonchev–Trinajstić information content (AvgIpc) is 2.90. The Morgan fingerprint density at radius 1 is 1.24 bits per heavy atom. The van der Waals surface area contributed by atoms with Gasteiger partial charge in [-0.1, -0.05) is 23.7 Å². The molecule has 2 aromatic rings. The summed E-state index contributed by atoms with van der Waals surface area (Å²) in [6.07, 6.45) is 1.99. The highest BCUT2D eigenvalue weighted by atomic mass is 35.5. The standard InChI is InChI=1S/C19H24ClN3O2/c1-14-13-22(2)18(17(14)15-3-5-16(20)6-4-15)19(24)21-7-8-23-9-11-25-12-10-23/h3-6,13H,7-12H2,1-2H3,(H,21,24). The van der Waals surface area contributed by atoms with E-state index in [0.29, 0.717) is 17.3 Å². The number of halogens is 1. The summed E-state index contributed by atoms with van der Waals surface area (Å²) in [6.45, 7) is 6.88. The summed E-state index contributed by atoms with van der Waals surface area (Å²) in [5.41, 5.74) is 3.72. The third-order valence-electron chi connectivity index (χ3n) is 4.54.